The van der Waals surface area contributed by atoms with Crippen LogP contribution in [0.25, 0.3) is 10.9 Å². The Morgan fingerprint density at radius 3 is 2.65 bits per heavy atom. The molecular weight excluding hydrogens is 246 g/mol. The van der Waals surface area contributed by atoms with Gasteiger partial charge in [-0.2, -0.15) is 10.2 Å². The average Bonchev–Trinajstić information content (AvgIpc) is 2.42. The summed E-state index contributed by atoms with van der Waals surface area (Å²) in [4.78, 5) is 0. The highest BCUT2D eigenvalue weighted by Gasteiger charge is 2.24. The van der Waals surface area contributed by atoms with Gasteiger partial charge in [0, 0.05) is 11.4 Å². The molecule has 0 aliphatic heterocycles. The minimum absolute atomic E-state index is 0.222. The minimum Gasteiger partial charge on any atom is -0.313 e. The molecule has 1 atom stereocenters. The molecule has 0 spiro atoms. The van der Waals surface area contributed by atoms with Crippen molar-refractivity contribution in [3.63, 3.8) is 0 Å². The number of rotatable bonds is 5. The van der Waals surface area contributed by atoms with Crippen LogP contribution in [0.1, 0.15) is 39.7 Å². The zero-order chi connectivity index (χ0) is 14.6. The number of nitrogens with one attached hydrogen (secondary N) is 1. The Balaban J connectivity index is 2.28. The van der Waals surface area contributed by atoms with Crippen LogP contribution in [-0.4, -0.2) is 22.8 Å². The lowest BCUT2D eigenvalue weighted by molar-refractivity contribution is 0.267. The Morgan fingerprint density at radius 1 is 1.20 bits per heavy atom. The topological polar surface area (TPSA) is 37.8 Å². The van der Waals surface area contributed by atoms with E-state index in [0.29, 0.717) is 6.04 Å². The standard InChI is InChI=1S/C17H25N3/c1-5-10-18-16(17(2,3)4)11-13-12-19-20-15-9-7-6-8-14(13)15/h6-9,12,16,18H,5,10-11H2,1-4H3. The van der Waals surface area contributed by atoms with Crippen molar-refractivity contribution in [2.75, 3.05) is 6.54 Å². The first-order chi connectivity index (χ1) is 9.52. The molecule has 0 radical (unpaired) electrons. The van der Waals surface area contributed by atoms with E-state index in [-0.39, 0.29) is 5.41 Å². The highest BCUT2D eigenvalue weighted by Crippen LogP contribution is 2.25. The van der Waals surface area contributed by atoms with Gasteiger partial charge in [-0.05, 0) is 36.4 Å². The first kappa shape index (κ1) is 14.9. The molecule has 0 aliphatic rings. The van der Waals surface area contributed by atoms with E-state index in [2.05, 4.69) is 55.3 Å². The summed E-state index contributed by atoms with van der Waals surface area (Å²) >= 11 is 0. The lowest BCUT2D eigenvalue weighted by Gasteiger charge is -2.32. The van der Waals surface area contributed by atoms with Gasteiger partial charge in [0.2, 0.25) is 0 Å². The van der Waals surface area contributed by atoms with Gasteiger partial charge in [-0.3, -0.25) is 0 Å². The average molecular weight is 271 g/mol. The lowest BCUT2D eigenvalue weighted by atomic mass is 9.82. The van der Waals surface area contributed by atoms with Gasteiger partial charge in [-0.25, -0.2) is 0 Å². The highest BCUT2D eigenvalue weighted by molar-refractivity contribution is 5.81. The molecule has 0 fully saturated rings. The molecule has 108 valence electrons. The SMILES string of the molecule is CCCNC(Cc1cnnc2ccccc12)C(C)(C)C. The molecule has 2 rings (SSSR count). The second-order valence-electron chi connectivity index (χ2n) is 6.46. The molecule has 1 N–H and O–H groups in total. The molecule has 20 heavy (non-hydrogen) atoms. The molecule has 3 heteroatoms. The van der Waals surface area contributed by atoms with E-state index in [1.807, 2.05) is 18.3 Å². The largest absolute Gasteiger partial charge is 0.313 e. The van der Waals surface area contributed by atoms with Crippen LogP contribution in [0.15, 0.2) is 30.5 Å². The predicted octanol–water partition coefficient (Wildman–Crippen LogP) is 3.59. The van der Waals surface area contributed by atoms with Crippen LogP contribution >= 0.6 is 0 Å². The third kappa shape index (κ3) is 3.54. The van der Waals surface area contributed by atoms with Gasteiger partial charge in [-0.1, -0.05) is 45.9 Å². The molecule has 1 aromatic heterocycles. The summed E-state index contributed by atoms with van der Waals surface area (Å²) in [6.45, 7) is 10.1. The highest BCUT2D eigenvalue weighted by atomic mass is 15.1. The van der Waals surface area contributed by atoms with E-state index in [9.17, 15) is 0 Å². The molecule has 0 aliphatic carbocycles. The van der Waals surface area contributed by atoms with E-state index >= 15 is 0 Å². The maximum absolute atomic E-state index is 4.20. The van der Waals surface area contributed by atoms with Crippen molar-refractivity contribution in [1.82, 2.24) is 15.5 Å². The molecule has 1 heterocycles. The molecule has 0 saturated carbocycles. The fourth-order valence-electron chi connectivity index (χ4n) is 2.45. The smallest absolute Gasteiger partial charge is 0.0932 e. The van der Waals surface area contributed by atoms with Crippen LogP contribution in [0.4, 0.5) is 0 Å². The minimum atomic E-state index is 0.222. The first-order valence-corrected chi connectivity index (χ1v) is 7.45. The van der Waals surface area contributed by atoms with Gasteiger partial charge in [0.05, 0.1) is 11.7 Å². The fraction of sp³-hybridized carbons (Fsp3) is 0.529. The Bertz CT molecular complexity index is 552. The summed E-state index contributed by atoms with van der Waals surface area (Å²) in [6.07, 6.45) is 4.05. The van der Waals surface area contributed by atoms with Crippen molar-refractivity contribution in [3.05, 3.63) is 36.0 Å². The van der Waals surface area contributed by atoms with E-state index in [0.717, 1.165) is 24.9 Å². The Kier molecular flexibility index (Phi) is 4.71. The van der Waals surface area contributed by atoms with Gasteiger partial charge in [-0.15, -0.1) is 0 Å². The molecule has 3 nitrogen and oxygen atoms in total. The van der Waals surface area contributed by atoms with Crippen molar-refractivity contribution < 1.29 is 0 Å². The van der Waals surface area contributed by atoms with Crippen molar-refractivity contribution in [1.29, 1.82) is 0 Å². The van der Waals surface area contributed by atoms with Crippen LogP contribution in [0.5, 0.6) is 0 Å². The van der Waals surface area contributed by atoms with Crippen LogP contribution in [-0.2, 0) is 6.42 Å². The van der Waals surface area contributed by atoms with Gasteiger partial charge in [0.15, 0.2) is 0 Å². The molecule has 0 bridgehead atoms. The first-order valence-electron chi connectivity index (χ1n) is 7.45. The maximum Gasteiger partial charge on any atom is 0.0932 e. The van der Waals surface area contributed by atoms with Gasteiger partial charge in [0.25, 0.3) is 0 Å². The normalized spacial score (nSPS) is 13.6. The fourth-order valence-corrected chi connectivity index (χ4v) is 2.45. The number of benzene rings is 1. The summed E-state index contributed by atoms with van der Waals surface area (Å²) in [6, 6.07) is 8.68. The van der Waals surface area contributed by atoms with Gasteiger partial charge < -0.3 is 5.32 Å². The third-order valence-corrected chi connectivity index (χ3v) is 3.74. The Hall–Kier alpha value is -1.48. The van der Waals surface area contributed by atoms with Crippen LogP contribution in [0.3, 0.4) is 0 Å². The van der Waals surface area contributed by atoms with Crippen molar-refractivity contribution in [3.8, 4) is 0 Å². The molecule has 1 aromatic carbocycles. The Morgan fingerprint density at radius 2 is 1.95 bits per heavy atom. The number of nitrogens with zero attached hydrogens (tertiary/aromatic N) is 2. The summed E-state index contributed by atoms with van der Waals surface area (Å²) in [5, 5.41) is 13.2. The van der Waals surface area contributed by atoms with Gasteiger partial charge >= 0.3 is 0 Å². The van der Waals surface area contributed by atoms with E-state index in [1.165, 1.54) is 10.9 Å². The van der Waals surface area contributed by atoms with E-state index < -0.39 is 0 Å². The van der Waals surface area contributed by atoms with Gasteiger partial charge in [0.1, 0.15) is 0 Å². The van der Waals surface area contributed by atoms with Crippen LogP contribution < -0.4 is 5.32 Å². The number of fused-ring (bicyclic) bond motifs is 1. The summed E-state index contributed by atoms with van der Waals surface area (Å²) in [5.74, 6) is 0. The molecule has 2 aromatic rings. The van der Waals surface area contributed by atoms with E-state index in [4.69, 9.17) is 0 Å². The number of aromatic nitrogens is 2. The van der Waals surface area contributed by atoms with Crippen molar-refractivity contribution in [2.24, 2.45) is 5.41 Å². The lowest BCUT2D eigenvalue weighted by Crippen LogP contribution is -2.42. The summed E-state index contributed by atoms with van der Waals surface area (Å²) in [7, 11) is 0. The maximum atomic E-state index is 4.20. The summed E-state index contributed by atoms with van der Waals surface area (Å²) in [5.41, 5.74) is 2.48. The monoisotopic (exact) mass is 271 g/mol. The second kappa shape index (κ2) is 6.31. The number of hydrogen-bond acceptors (Lipinski definition) is 3. The zero-order valence-corrected chi connectivity index (χ0v) is 13.0. The van der Waals surface area contributed by atoms with Crippen molar-refractivity contribution >= 4 is 10.9 Å². The predicted molar refractivity (Wildman–Crippen MR) is 84.8 cm³/mol. The third-order valence-electron chi connectivity index (χ3n) is 3.74. The number of hydrogen-bond donors (Lipinski definition) is 1. The Labute approximate surface area is 121 Å². The van der Waals surface area contributed by atoms with Crippen molar-refractivity contribution in [2.45, 2.75) is 46.6 Å². The molecule has 1 unspecified atom stereocenters. The quantitative estimate of drug-likeness (QED) is 0.903. The summed E-state index contributed by atoms with van der Waals surface area (Å²) < 4.78 is 0. The van der Waals surface area contributed by atoms with Crippen LogP contribution in [0, 0.1) is 5.41 Å². The van der Waals surface area contributed by atoms with E-state index in [1.54, 1.807) is 0 Å². The molecular formula is C17H25N3. The van der Waals surface area contributed by atoms with Crippen LogP contribution in [0.2, 0.25) is 0 Å². The second-order valence-corrected chi connectivity index (χ2v) is 6.46. The molecule has 0 saturated heterocycles. The zero-order valence-electron chi connectivity index (χ0n) is 13.0. The molecule has 0 amide bonds.